The Morgan fingerprint density at radius 1 is 1.42 bits per heavy atom. The monoisotopic (exact) mass is 409 g/mol. The highest BCUT2D eigenvalue weighted by Crippen LogP contribution is 2.39. The van der Waals surface area contributed by atoms with Crippen LogP contribution in [-0.4, -0.2) is 38.9 Å². The van der Waals surface area contributed by atoms with Crippen molar-refractivity contribution < 1.29 is 4.79 Å². The van der Waals surface area contributed by atoms with E-state index in [2.05, 4.69) is 21.5 Å². The average Bonchev–Trinajstić information content (AvgIpc) is 3.31. The number of carbonyl (C=O) groups is 1. The van der Waals surface area contributed by atoms with Gasteiger partial charge in [-0.1, -0.05) is 40.1 Å². The van der Waals surface area contributed by atoms with Gasteiger partial charge in [0.1, 0.15) is 5.82 Å². The molecule has 1 aromatic heterocycles. The van der Waals surface area contributed by atoms with Gasteiger partial charge in [0.25, 0.3) is 0 Å². The summed E-state index contributed by atoms with van der Waals surface area (Å²) in [6.45, 7) is 0. The zero-order valence-corrected chi connectivity index (χ0v) is 17.7. The third kappa shape index (κ3) is 5.86. The zero-order valence-electron chi connectivity index (χ0n) is 15.2. The van der Waals surface area contributed by atoms with E-state index < -0.39 is 0 Å². The summed E-state index contributed by atoms with van der Waals surface area (Å²) in [5.74, 6) is 3.29. The molecule has 2 aromatic rings. The van der Waals surface area contributed by atoms with Gasteiger partial charge in [0, 0.05) is 17.4 Å². The maximum absolute atomic E-state index is 12.4. The van der Waals surface area contributed by atoms with Crippen LogP contribution in [-0.2, 0) is 4.79 Å². The van der Waals surface area contributed by atoms with E-state index in [9.17, 15) is 4.79 Å². The average molecular weight is 410 g/mol. The largest absolute Gasteiger partial charge is 0.346 e. The third-order valence-corrected chi connectivity index (χ3v) is 8.24. The van der Waals surface area contributed by atoms with E-state index in [0.717, 1.165) is 47.1 Å². The van der Waals surface area contributed by atoms with Crippen molar-refractivity contribution in [2.24, 2.45) is 0 Å². The summed E-state index contributed by atoms with van der Waals surface area (Å²) in [7, 11) is 4.01. The molecule has 0 bridgehead atoms. The predicted molar refractivity (Wildman–Crippen MR) is 117 cm³/mol. The molecule has 0 radical (unpaired) electrons. The van der Waals surface area contributed by atoms with Crippen LogP contribution in [0.4, 0.5) is 0 Å². The molecule has 1 aliphatic heterocycles. The fourth-order valence-corrected chi connectivity index (χ4v) is 6.64. The molecule has 1 fully saturated rings. The van der Waals surface area contributed by atoms with Gasteiger partial charge in [0.05, 0.1) is 17.1 Å². The fraction of sp³-hybridized carbons (Fsp3) is 0.579. The van der Waals surface area contributed by atoms with Crippen molar-refractivity contribution in [2.75, 3.05) is 17.8 Å². The van der Waals surface area contributed by atoms with Crippen LogP contribution in [0.2, 0.25) is 0 Å². The molecule has 26 heavy (non-hydrogen) atoms. The van der Waals surface area contributed by atoms with Gasteiger partial charge in [-0.15, -0.1) is 0 Å². The third-order valence-electron chi connectivity index (χ3n) is 4.59. The van der Waals surface area contributed by atoms with Crippen molar-refractivity contribution in [3.63, 3.8) is 0 Å². The number of imidazole rings is 1. The minimum atomic E-state index is -0.0378. The van der Waals surface area contributed by atoms with Crippen molar-refractivity contribution in [2.45, 2.75) is 49.8 Å². The summed E-state index contributed by atoms with van der Waals surface area (Å²) >= 11 is 1.80. The molecule has 1 aromatic carbocycles. The summed E-state index contributed by atoms with van der Waals surface area (Å²) < 4.78 is 0. The number of para-hydroxylation sites is 2. The Balaban J connectivity index is 1.50. The van der Waals surface area contributed by atoms with Crippen LogP contribution < -0.4 is 5.32 Å². The number of hydrogen-bond acceptors (Lipinski definition) is 5. The molecule has 0 spiro atoms. The summed E-state index contributed by atoms with van der Waals surface area (Å²) in [6, 6.07) is 7.98. The van der Waals surface area contributed by atoms with Crippen LogP contribution >= 0.6 is 33.3 Å². The molecule has 2 heterocycles. The molecule has 7 heteroatoms. The lowest BCUT2D eigenvalue weighted by Gasteiger charge is -2.16. The number of benzene rings is 1. The number of thioether (sulfide) groups is 1. The number of hydrogen-bond donors (Lipinski definition) is 2. The summed E-state index contributed by atoms with van der Waals surface area (Å²) in [4.78, 5) is 20.5. The van der Waals surface area contributed by atoms with Gasteiger partial charge in [-0.3, -0.25) is 4.79 Å². The standard InChI is InChI=1S/C19H27N3OS3/c1-24-12-11-17(19-21-15-7-3-4-8-16(15)22-19)20-18(23)9-5-2-6-14-10-13-25-26-14/h3-4,7-8,14,17H,2,5-6,9-13H2,1H3,(H,20,23)(H,21,22)/t14?,17-/m0/s1. The Morgan fingerprint density at radius 2 is 2.31 bits per heavy atom. The van der Waals surface area contributed by atoms with Gasteiger partial charge in [0.15, 0.2) is 0 Å². The molecular weight excluding hydrogens is 382 g/mol. The first-order valence-corrected chi connectivity index (χ1v) is 13.0. The van der Waals surface area contributed by atoms with E-state index in [-0.39, 0.29) is 11.9 Å². The van der Waals surface area contributed by atoms with Crippen molar-refractivity contribution in [1.29, 1.82) is 0 Å². The summed E-state index contributed by atoms with van der Waals surface area (Å²) in [6.07, 6.45) is 8.28. The van der Waals surface area contributed by atoms with Gasteiger partial charge in [-0.2, -0.15) is 11.8 Å². The van der Waals surface area contributed by atoms with E-state index in [0.29, 0.717) is 6.42 Å². The van der Waals surface area contributed by atoms with E-state index in [1.165, 1.54) is 18.6 Å². The quantitative estimate of drug-likeness (QED) is 0.418. The Bertz CT molecular complexity index is 667. The lowest BCUT2D eigenvalue weighted by molar-refractivity contribution is -0.122. The molecule has 142 valence electrons. The number of amides is 1. The Morgan fingerprint density at radius 3 is 3.08 bits per heavy atom. The predicted octanol–water partition coefficient (Wildman–Crippen LogP) is 5.19. The number of H-pyrrole nitrogens is 1. The minimum Gasteiger partial charge on any atom is -0.346 e. The number of fused-ring (bicyclic) bond motifs is 1. The Labute approximate surface area is 167 Å². The van der Waals surface area contributed by atoms with Crippen LogP contribution in [0.5, 0.6) is 0 Å². The molecule has 0 saturated carbocycles. The second-order valence-electron chi connectivity index (χ2n) is 6.62. The maximum atomic E-state index is 12.4. The first kappa shape index (κ1) is 20.0. The number of aromatic amines is 1. The molecule has 0 aliphatic carbocycles. The smallest absolute Gasteiger partial charge is 0.220 e. The highest BCUT2D eigenvalue weighted by atomic mass is 33.1. The number of carbonyl (C=O) groups excluding carboxylic acids is 1. The number of nitrogens with one attached hydrogen (secondary N) is 2. The first-order chi connectivity index (χ1) is 12.8. The molecule has 2 N–H and O–H groups in total. The van der Waals surface area contributed by atoms with E-state index >= 15 is 0 Å². The number of nitrogens with zero attached hydrogens (tertiary/aromatic N) is 1. The highest BCUT2D eigenvalue weighted by molar-refractivity contribution is 8.77. The van der Waals surface area contributed by atoms with Crippen molar-refractivity contribution in [3.8, 4) is 0 Å². The van der Waals surface area contributed by atoms with Crippen molar-refractivity contribution in [3.05, 3.63) is 30.1 Å². The normalized spacial score (nSPS) is 18.3. The molecule has 1 saturated heterocycles. The van der Waals surface area contributed by atoms with Crippen LogP contribution in [0.25, 0.3) is 11.0 Å². The topological polar surface area (TPSA) is 57.8 Å². The van der Waals surface area contributed by atoms with Crippen LogP contribution in [0.1, 0.15) is 50.4 Å². The van der Waals surface area contributed by atoms with Gasteiger partial charge in [-0.05, 0) is 49.8 Å². The van der Waals surface area contributed by atoms with Crippen LogP contribution in [0, 0.1) is 0 Å². The maximum Gasteiger partial charge on any atom is 0.220 e. The summed E-state index contributed by atoms with van der Waals surface area (Å²) in [5, 5.41) is 4.00. The second-order valence-corrected chi connectivity index (χ2v) is 10.4. The van der Waals surface area contributed by atoms with E-state index in [4.69, 9.17) is 0 Å². The highest BCUT2D eigenvalue weighted by Gasteiger charge is 2.19. The first-order valence-electron chi connectivity index (χ1n) is 9.27. The van der Waals surface area contributed by atoms with E-state index in [1.807, 2.05) is 45.9 Å². The van der Waals surface area contributed by atoms with Crippen molar-refractivity contribution in [1.82, 2.24) is 15.3 Å². The molecule has 4 nitrogen and oxygen atoms in total. The van der Waals surface area contributed by atoms with E-state index in [1.54, 1.807) is 11.8 Å². The fourth-order valence-electron chi connectivity index (χ4n) is 3.14. The second kappa shape index (κ2) is 10.5. The lowest BCUT2D eigenvalue weighted by Crippen LogP contribution is -2.29. The molecule has 1 aliphatic rings. The van der Waals surface area contributed by atoms with Gasteiger partial charge in [0.2, 0.25) is 5.91 Å². The van der Waals surface area contributed by atoms with Gasteiger partial charge in [-0.25, -0.2) is 4.98 Å². The molecule has 1 amide bonds. The summed E-state index contributed by atoms with van der Waals surface area (Å²) in [5.41, 5.74) is 1.98. The number of aromatic nitrogens is 2. The van der Waals surface area contributed by atoms with Crippen LogP contribution in [0.3, 0.4) is 0 Å². The van der Waals surface area contributed by atoms with Crippen molar-refractivity contribution >= 4 is 50.3 Å². The molecule has 3 rings (SSSR count). The molecule has 2 atom stereocenters. The zero-order chi connectivity index (χ0) is 18.2. The Hall–Kier alpha value is -0.790. The minimum absolute atomic E-state index is 0.0378. The molecule has 1 unspecified atom stereocenters. The van der Waals surface area contributed by atoms with Gasteiger partial charge < -0.3 is 10.3 Å². The lowest BCUT2D eigenvalue weighted by atomic mass is 10.1. The van der Waals surface area contributed by atoms with Crippen LogP contribution in [0.15, 0.2) is 24.3 Å². The number of rotatable bonds is 10. The Kier molecular flexibility index (Phi) is 8.08. The SMILES string of the molecule is CSCC[C@H](NC(=O)CCCCC1CCSS1)c1nc2ccccc2[nH]1. The number of unbranched alkanes of at least 4 members (excludes halogenated alkanes) is 1. The van der Waals surface area contributed by atoms with Gasteiger partial charge >= 0.3 is 0 Å². The molecular formula is C19H27N3OS3.